The fourth-order valence-electron chi connectivity index (χ4n) is 2.47. The van der Waals surface area contributed by atoms with Crippen LogP contribution in [-0.4, -0.2) is 58.3 Å². The highest BCUT2D eigenvalue weighted by atomic mass is 35.5. The smallest absolute Gasteiger partial charge is 0.195 e. The number of nitrogens with two attached hydrogens (primary N) is 1. The van der Waals surface area contributed by atoms with E-state index in [4.69, 9.17) is 10.5 Å². The topological polar surface area (TPSA) is 69.2 Å². The van der Waals surface area contributed by atoms with Gasteiger partial charge in [0.25, 0.3) is 0 Å². The first-order valence-electron chi connectivity index (χ1n) is 7.61. The molecule has 0 aliphatic carbocycles. The van der Waals surface area contributed by atoms with Gasteiger partial charge in [-0.3, -0.25) is 9.47 Å². The van der Waals surface area contributed by atoms with Gasteiger partial charge >= 0.3 is 0 Å². The van der Waals surface area contributed by atoms with Crippen LogP contribution in [0, 0.1) is 5.82 Å². The maximum atomic E-state index is 13.1. The van der Waals surface area contributed by atoms with Crippen molar-refractivity contribution in [3.8, 4) is 5.69 Å². The number of thioether (sulfide) groups is 1. The summed E-state index contributed by atoms with van der Waals surface area (Å²) in [5, 5.41) is 9.15. The van der Waals surface area contributed by atoms with Gasteiger partial charge in [0.15, 0.2) is 11.0 Å². The highest BCUT2D eigenvalue weighted by Gasteiger charge is 2.15. The molecular weight excluding hydrogens is 388 g/mol. The Hall–Kier alpha value is -0.900. The van der Waals surface area contributed by atoms with E-state index < -0.39 is 0 Å². The summed E-state index contributed by atoms with van der Waals surface area (Å²) >= 11 is 1.63. The molecule has 140 valence electrons. The third-order valence-corrected chi connectivity index (χ3v) is 4.62. The first-order valence-corrected chi connectivity index (χ1v) is 8.59. The highest BCUT2D eigenvalue weighted by molar-refractivity contribution is 7.99. The Bertz CT molecular complexity index is 637. The number of morpholine rings is 1. The summed E-state index contributed by atoms with van der Waals surface area (Å²) in [6.45, 7) is 4.80. The standard InChI is InChI=1S/C15H20FN5OS.2ClH/c16-12-1-3-13(4-2-12)21-14(11-17)18-19-15(21)23-10-7-20-5-8-22-9-6-20;;/h1-4H,5-11,17H2;2*1H. The van der Waals surface area contributed by atoms with Gasteiger partial charge in [0, 0.05) is 31.1 Å². The van der Waals surface area contributed by atoms with Gasteiger partial charge < -0.3 is 10.5 Å². The van der Waals surface area contributed by atoms with Crippen LogP contribution >= 0.6 is 36.6 Å². The van der Waals surface area contributed by atoms with Crippen LogP contribution in [0.4, 0.5) is 4.39 Å². The van der Waals surface area contributed by atoms with Crippen LogP contribution < -0.4 is 5.73 Å². The van der Waals surface area contributed by atoms with E-state index in [1.807, 2.05) is 4.57 Å². The van der Waals surface area contributed by atoms with Crippen molar-refractivity contribution in [2.75, 3.05) is 38.6 Å². The molecule has 6 nitrogen and oxygen atoms in total. The number of hydrogen-bond acceptors (Lipinski definition) is 6. The SMILES string of the molecule is Cl.Cl.NCc1nnc(SCCN2CCOCC2)n1-c1ccc(F)cc1. The van der Waals surface area contributed by atoms with Gasteiger partial charge in [-0.05, 0) is 24.3 Å². The van der Waals surface area contributed by atoms with Crippen LogP contribution in [0.25, 0.3) is 5.69 Å². The Morgan fingerprint density at radius 3 is 2.44 bits per heavy atom. The molecule has 2 N–H and O–H groups in total. The minimum absolute atomic E-state index is 0. The lowest BCUT2D eigenvalue weighted by Crippen LogP contribution is -2.37. The molecule has 2 heterocycles. The normalized spacial score (nSPS) is 14.6. The monoisotopic (exact) mass is 409 g/mol. The highest BCUT2D eigenvalue weighted by Crippen LogP contribution is 2.22. The Kier molecular flexibility index (Phi) is 9.70. The summed E-state index contributed by atoms with van der Waals surface area (Å²) in [6.07, 6.45) is 0. The van der Waals surface area contributed by atoms with Crippen molar-refractivity contribution in [2.45, 2.75) is 11.7 Å². The maximum Gasteiger partial charge on any atom is 0.195 e. The van der Waals surface area contributed by atoms with Crippen molar-refractivity contribution >= 4 is 36.6 Å². The number of ether oxygens (including phenoxy) is 1. The van der Waals surface area contributed by atoms with E-state index in [1.54, 1.807) is 23.9 Å². The van der Waals surface area contributed by atoms with Crippen molar-refractivity contribution in [3.63, 3.8) is 0 Å². The van der Waals surface area contributed by atoms with E-state index in [0.29, 0.717) is 5.82 Å². The first kappa shape index (κ1) is 22.1. The third-order valence-electron chi connectivity index (χ3n) is 3.71. The molecule has 1 aliphatic rings. The molecule has 1 aromatic carbocycles. The number of nitrogens with zero attached hydrogens (tertiary/aromatic N) is 4. The quantitative estimate of drug-likeness (QED) is 0.736. The molecule has 1 aliphatic heterocycles. The molecule has 1 saturated heterocycles. The van der Waals surface area contributed by atoms with Gasteiger partial charge in [0.2, 0.25) is 0 Å². The summed E-state index contributed by atoms with van der Waals surface area (Å²) in [5.41, 5.74) is 6.57. The van der Waals surface area contributed by atoms with E-state index in [0.717, 1.165) is 49.4 Å². The van der Waals surface area contributed by atoms with E-state index in [1.165, 1.54) is 12.1 Å². The van der Waals surface area contributed by atoms with Crippen LogP contribution in [0.3, 0.4) is 0 Å². The van der Waals surface area contributed by atoms with Crippen LogP contribution in [0.2, 0.25) is 0 Å². The summed E-state index contributed by atoms with van der Waals surface area (Å²) in [7, 11) is 0. The minimum Gasteiger partial charge on any atom is -0.379 e. The van der Waals surface area contributed by atoms with Gasteiger partial charge in [-0.2, -0.15) is 0 Å². The molecule has 0 atom stereocenters. The van der Waals surface area contributed by atoms with Gasteiger partial charge in [0.05, 0.1) is 19.8 Å². The van der Waals surface area contributed by atoms with Crippen molar-refractivity contribution < 1.29 is 9.13 Å². The van der Waals surface area contributed by atoms with E-state index in [2.05, 4.69) is 15.1 Å². The molecule has 0 saturated carbocycles. The second kappa shape index (κ2) is 10.9. The van der Waals surface area contributed by atoms with Crippen molar-refractivity contribution in [2.24, 2.45) is 5.73 Å². The Morgan fingerprint density at radius 2 is 1.80 bits per heavy atom. The summed E-state index contributed by atoms with van der Waals surface area (Å²) in [6, 6.07) is 6.28. The van der Waals surface area contributed by atoms with Crippen LogP contribution in [0.1, 0.15) is 5.82 Å². The molecule has 10 heteroatoms. The molecule has 0 spiro atoms. The van der Waals surface area contributed by atoms with Crippen LogP contribution in [-0.2, 0) is 11.3 Å². The summed E-state index contributed by atoms with van der Waals surface area (Å²) in [4.78, 5) is 2.37. The van der Waals surface area contributed by atoms with Gasteiger partial charge in [-0.1, -0.05) is 11.8 Å². The van der Waals surface area contributed by atoms with Gasteiger partial charge in [-0.15, -0.1) is 35.0 Å². The molecular formula is C15H22Cl2FN5OS. The fourth-order valence-corrected chi connectivity index (χ4v) is 3.44. The van der Waals surface area contributed by atoms with Crippen LogP contribution in [0.5, 0.6) is 0 Å². The van der Waals surface area contributed by atoms with Gasteiger partial charge in [0.1, 0.15) is 5.82 Å². The molecule has 0 amide bonds. The number of halogens is 3. The Balaban J connectivity index is 0.00000156. The largest absolute Gasteiger partial charge is 0.379 e. The lowest BCUT2D eigenvalue weighted by atomic mass is 10.3. The molecule has 1 fully saturated rings. The average molecular weight is 410 g/mol. The lowest BCUT2D eigenvalue weighted by molar-refractivity contribution is 0.0410. The molecule has 1 aromatic heterocycles. The Morgan fingerprint density at radius 1 is 1.12 bits per heavy atom. The fraction of sp³-hybridized carbons (Fsp3) is 0.467. The number of hydrogen-bond donors (Lipinski definition) is 1. The van der Waals surface area contributed by atoms with Crippen LogP contribution in [0.15, 0.2) is 29.4 Å². The summed E-state index contributed by atoms with van der Waals surface area (Å²) in [5.74, 6) is 1.31. The lowest BCUT2D eigenvalue weighted by Gasteiger charge is -2.26. The second-order valence-electron chi connectivity index (χ2n) is 5.22. The predicted octanol–water partition coefficient (Wildman–Crippen LogP) is 2.13. The maximum absolute atomic E-state index is 13.1. The van der Waals surface area contributed by atoms with E-state index >= 15 is 0 Å². The molecule has 2 aromatic rings. The van der Waals surface area contributed by atoms with E-state index in [9.17, 15) is 4.39 Å². The third kappa shape index (κ3) is 5.80. The molecule has 0 unspecified atom stereocenters. The summed E-state index contributed by atoms with van der Waals surface area (Å²) < 4.78 is 20.4. The zero-order valence-corrected chi connectivity index (χ0v) is 16.1. The number of rotatable bonds is 6. The van der Waals surface area contributed by atoms with Crippen molar-refractivity contribution in [3.05, 3.63) is 35.9 Å². The van der Waals surface area contributed by atoms with E-state index in [-0.39, 0.29) is 37.2 Å². The molecule has 25 heavy (non-hydrogen) atoms. The Labute approximate surface area is 163 Å². The first-order chi connectivity index (χ1) is 11.3. The molecule has 0 bridgehead atoms. The average Bonchev–Trinajstić information content (AvgIpc) is 2.99. The number of aromatic nitrogens is 3. The molecule has 0 radical (unpaired) electrons. The van der Waals surface area contributed by atoms with Crippen molar-refractivity contribution in [1.82, 2.24) is 19.7 Å². The van der Waals surface area contributed by atoms with Gasteiger partial charge in [-0.25, -0.2) is 4.39 Å². The predicted molar refractivity (Wildman–Crippen MR) is 102 cm³/mol. The van der Waals surface area contributed by atoms with Crippen molar-refractivity contribution in [1.29, 1.82) is 0 Å². The minimum atomic E-state index is -0.266. The zero-order chi connectivity index (χ0) is 16.1. The zero-order valence-electron chi connectivity index (χ0n) is 13.6. The second-order valence-corrected chi connectivity index (χ2v) is 6.28. The molecule has 3 rings (SSSR count). The number of benzene rings is 1.